The third-order valence-electron chi connectivity index (χ3n) is 3.28. The van der Waals surface area contributed by atoms with E-state index in [0.717, 1.165) is 24.9 Å². The van der Waals surface area contributed by atoms with Crippen molar-refractivity contribution in [1.29, 1.82) is 0 Å². The summed E-state index contributed by atoms with van der Waals surface area (Å²) in [5.74, 6) is -0.0485. The summed E-state index contributed by atoms with van der Waals surface area (Å²) in [5.41, 5.74) is 0.969. The quantitative estimate of drug-likeness (QED) is 0.861. The van der Waals surface area contributed by atoms with Gasteiger partial charge in [-0.05, 0) is 24.5 Å². The van der Waals surface area contributed by atoms with Crippen LogP contribution in [0.3, 0.4) is 0 Å². The number of rotatable bonds is 3. The van der Waals surface area contributed by atoms with Gasteiger partial charge in [0.05, 0.1) is 0 Å². The fourth-order valence-electron chi connectivity index (χ4n) is 2.36. The van der Waals surface area contributed by atoms with E-state index in [0.29, 0.717) is 13.1 Å². The van der Waals surface area contributed by atoms with E-state index < -0.39 is 0 Å². The molecule has 1 fully saturated rings. The number of carbonyl (C=O) groups is 2. The molecule has 2 N–H and O–H groups in total. The van der Waals surface area contributed by atoms with Crippen molar-refractivity contribution in [2.24, 2.45) is 0 Å². The largest absolute Gasteiger partial charge is 0.352 e. The lowest BCUT2D eigenvalue weighted by molar-refractivity contribution is -0.119. The number of aromatic nitrogens is 1. The molecule has 0 spiro atoms. The standard InChI is InChI=1S/C14H20N4O2/c1-11(19)17-13-5-3-7-18(10-13)14(20)16-9-12-4-2-6-15-8-12/h2,4,6,8,13H,3,5,7,9-10H2,1H3,(H,16,20)(H,17,19)/t13-/m1/s1. The molecule has 1 aliphatic rings. The third-order valence-corrected chi connectivity index (χ3v) is 3.28. The van der Waals surface area contributed by atoms with Crippen molar-refractivity contribution in [2.45, 2.75) is 32.4 Å². The van der Waals surface area contributed by atoms with E-state index in [4.69, 9.17) is 0 Å². The van der Waals surface area contributed by atoms with Crippen molar-refractivity contribution in [1.82, 2.24) is 20.5 Å². The number of hydrogen-bond acceptors (Lipinski definition) is 3. The van der Waals surface area contributed by atoms with E-state index in [9.17, 15) is 9.59 Å². The summed E-state index contributed by atoms with van der Waals surface area (Å²) in [6.45, 7) is 3.27. The second-order valence-electron chi connectivity index (χ2n) is 5.01. The highest BCUT2D eigenvalue weighted by molar-refractivity contribution is 5.75. The highest BCUT2D eigenvalue weighted by Crippen LogP contribution is 2.10. The van der Waals surface area contributed by atoms with Crippen molar-refractivity contribution >= 4 is 11.9 Å². The van der Waals surface area contributed by atoms with E-state index in [-0.39, 0.29) is 18.0 Å². The summed E-state index contributed by atoms with van der Waals surface area (Å²) in [5, 5.41) is 5.75. The first-order chi connectivity index (χ1) is 9.65. The molecular formula is C14H20N4O2. The predicted molar refractivity (Wildman–Crippen MR) is 74.9 cm³/mol. The fraction of sp³-hybridized carbons (Fsp3) is 0.500. The molecule has 1 atom stereocenters. The summed E-state index contributed by atoms with van der Waals surface area (Å²) in [6, 6.07) is 3.73. The predicted octanol–water partition coefficient (Wildman–Crippen LogP) is 0.892. The molecule has 0 saturated carbocycles. The van der Waals surface area contributed by atoms with E-state index in [1.807, 2.05) is 12.1 Å². The molecule has 0 unspecified atom stereocenters. The molecule has 6 nitrogen and oxygen atoms in total. The average Bonchev–Trinajstić information content (AvgIpc) is 2.45. The molecule has 0 radical (unpaired) electrons. The van der Waals surface area contributed by atoms with Crippen LogP contribution in [0.5, 0.6) is 0 Å². The minimum Gasteiger partial charge on any atom is -0.352 e. The maximum absolute atomic E-state index is 12.1. The lowest BCUT2D eigenvalue weighted by Crippen LogP contribution is -2.51. The van der Waals surface area contributed by atoms with Crippen LogP contribution in [-0.2, 0) is 11.3 Å². The van der Waals surface area contributed by atoms with Gasteiger partial charge in [-0.25, -0.2) is 4.79 Å². The summed E-state index contributed by atoms with van der Waals surface area (Å²) in [6.07, 6.45) is 5.27. The van der Waals surface area contributed by atoms with Crippen LogP contribution in [-0.4, -0.2) is 41.0 Å². The Labute approximate surface area is 118 Å². The number of hydrogen-bond donors (Lipinski definition) is 2. The van der Waals surface area contributed by atoms with E-state index in [2.05, 4.69) is 15.6 Å². The number of likely N-dealkylation sites (tertiary alicyclic amines) is 1. The Hall–Kier alpha value is -2.11. The van der Waals surface area contributed by atoms with Crippen LogP contribution >= 0.6 is 0 Å². The van der Waals surface area contributed by atoms with Gasteiger partial charge in [0.25, 0.3) is 0 Å². The van der Waals surface area contributed by atoms with Gasteiger partial charge < -0.3 is 15.5 Å². The second kappa shape index (κ2) is 6.88. The van der Waals surface area contributed by atoms with Crippen LogP contribution in [0.2, 0.25) is 0 Å². The molecule has 2 rings (SSSR count). The second-order valence-corrected chi connectivity index (χ2v) is 5.01. The minimum atomic E-state index is -0.0936. The molecule has 0 aliphatic carbocycles. The molecule has 1 aliphatic heterocycles. The number of urea groups is 1. The number of carbonyl (C=O) groups excluding carboxylic acids is 2. The monoisotopic (exact) mass is 276 g/mol. The lowest BCUT2D eigenvalue weighted by atomic mass is 10.1. The zero-order chi connectivity index (χ0) is 14.4. The van der Waals surface area contributed by atoms with Crippen molar-refractivity contribution in [3.63, 3.8) is 0 Å². The fourth-order valence-corrected chi connectivity index (χ4v) is 2.36. The van der Waals surface area contributed by atoms with E-state index >= 15 is 0 Å². The molecule has 0 aromatic carbocycles. The first-order valence-electron chi connectivity index (χ1n) is 6.84. The maximum atomic E-state index is 12.1. The maximum Gasteiger partial charge on any atom is 0.317 e. The summed E-state index contributed by atoms with van der Waals surface area (Å²) >= 11 is 0. The highest BCUT2D eigenvalue weighted by atomic mass is 16.2. The highest BCUT2D eigenvalue weighted by Gasteiger charge is 2.23. The molecule has 108 valence electrons. The molecule has 1 aromatic heterocycles. The lowest BCUT2D eigenvalue weighted by Gasteiger charge is -2.33. The number of nitrogens with zero attached hydrogens (tertiary/aromatic N) is 2. The van der Waals surface area contributed by atoms with Gasteiger partial charge in [0.2, 0.25) is 5.91 Å². The summed E-state index contributed by atoms with van der Waals surface area (Å²) < 4.78 is 0. The molecule has 0 bridgehead atoms. The molecule has 1 aromatic rings. The van der Waals surface area contributed by atoms with Gasteiger partial charge in [-0.15, -0.1) is 0 Å². The summed E-state index contributed by atoms with van der Waals surface area (Å²) in [4.78, 5) is 28.9. The van der Waals surface area contributed by atoms with Gasteiger partial charge in [-0.2, -0.15) is 0 Å². The van der Waals surface area contributed by atoms with Crippen LogP contribution in [0.15, 0.2) is 24.5 Å². The Balaban J connectivity index is 1.81. The molecule has 2 heterocycles. The number of pyridine rings is 1. The Bertz CT molecular complexity index is 464. The van der Waals surface area contributed by atoms with Crippen LogP contribution in [0.4, 0.5) is 4.79 Å². The van der Waals surface area contributed by atoms with Crippen molar-refractivity contribution in [3.05, 3.63) is 30.1 Å². The molecule has 1 saturated heterocycles. The normalized spacial score (nSPS) is 18.4. The van der Waals surface area contributed by atoms with Crippen LogP contribution < -0.4 is 10.6 Å². The zero-order valence-corrected chi connectivity index (χ0v) is 11.6. The number of nitrogens with one attached hydrogen (secondary N) is 2. The topological polar surface area (TPSA) is 74.3 Å². The van der Waals surface area contributed by atoms with Crippen LogP contribution in [0, 0.1) is 0 Å². The SMILES string of the molecule is CC(=O)N[C@@H]1CCCN(C(=O)NCc2cccnc2)C1. The average molecular weight is 276 g/mol. The number of piperidine rings is 1. The number of amides is 3. The molecular weight excluding hydrogens is 256 g/mol. The first-order valence-corrected chi connectivity index (χ1v) is 6.84. The van der Waals surface area contributed by atoms with Gasteiger partial charge in [0, 0.05) is 45.0 Å². The molecule has 20 heavy (non-hydrogen) atoms. The Morgan fingerprint density at radius 1 is 1.50 bits per heavy atom. The Kier molecular flexibility index (Phi) is 4.92. The van der Waals surface area contributed by atoms with Crippen molar-refractivity contribution < 1.29 is 9.59 Å². The van der Waals surface area contributed by atoms with Gasteiger partial charge in [-0.3, -0.25) is 9.78 Å². The van der Waals surface area contributed by atoms with Crippen LogP contribution in [0.1, 0.15) is 25.3 Å². The minimum absolute atomic E-state index is 0.0485. The third kappa shape index (κ3) is 4.22. The van der Waals surface area contributed by atoms with Gasteiger partial charge in [0.1, 0.15) is 0 Å². The zero-order valence-electron chi connectivity index (χ0n) is 11.6. The van der Waals surface area contributed by atoms with Crippen molar-refractivity contribution in [3.8, 4) is 0 Å². The van der Waals surface area contributed by atoms with E-state index in [1.165, 1.54) is 6.92 Å². The summed E-state index contributed by atoms with van der Waals surface area (Å²) in [7, 11) is 0. The van der Waals surface area contributed by atoms with Gasteiger partial charge in [-0.1, -0.05) is 6.07 Å². The van der Waals surface area contributed by atoms with Gasteiger partial charge >= 0.3 is 6.03 Å². The first kappa shape index (κ1) is 14.3. The van der Waals surface area contributed by atoms with E-state index in [1.54, 1.807) is 17.3 Å². The van der Waals surface area contributed by atoms with Gasteiger partial charge in [0.15, 0.2) is 0 Å². The molecule has 6 heteroatoms. The van der Waals surface area contributed by atoms with Crippen LogP contribution in [0.25, 0.3) is 0 Å². The van der Waals surface area contributed by atoms with Crippen molar-refractivity contribution in [2.75, 3.05) is 13.1 Å². The smallest absolute Gasteiger partial charge is 0.317 e. The Morgan fingerprint density at radius 2 is 2.35 bits per heavy atom. The molecule has 3 amide bonds. The Morgan fingerprint density at radius 3 is 3.05 bits per heavy atom.